The lowest BCUT2D eigenvalue weighted by Gasteiger charge is -2.21. The molecular formula is C13H19BrO2. The van der Waals surface area contributed by atoms with Gasteiger partial charge in [0.1, 0.15) is 5.75 Å². The highest BCUT2D eigenvalue weighted by Gasteiger charge is 2.15. The van der Waals surface area contributed by atoms with E-state index in [2.05, 4.69) is 29.8 Å². The largest absolute Gasteiger partial charge is 0.497 e. The second-order valence-electron chi connectivity index (χ2n) is 4.64. The van der Waals surface area contributed by atoms with Crippen molar-refractivity contribution in [3.63, 3.8) is 0 Å². The lowest BCUT2D eigenvalue weighted by Crippen LogP contribution is -2.20. The van der Waals surface area contributed by atoms with E-state index in [1.165, 1.54) is 0 Å². The number of halogens is 1. The number of benzene rings is 1. The zero-order valence-corrected chi connectivity index (χ0v) is 11.7. The van der Waals surface area contributed by atoms with Crippen LogP contribution in [0.2, 0.25) is 0 Å². The molecule has 1 rings (SSSR count). The molecule has 0 aliphatic rings. The zero-order valence-electron chi connectivity index (χ0n) is 10.1. The van der Waals surface area contributed by atoms with Crippen molar-refractivity contribution in [3.8, 4) is 5.75 Å². The Labute approximate surface area is 106 Å². The summed E-state index contributed by atoms with van der Waals surface area (Å²) in [7, 11) is 1.67. The Kier molecular flexibility index (Phi) is 5.29. The lowest BCUT2D eigenvalue weighted by molar-refractivity contribution is 0.0624. The highest BCUT2D eigenvalue weighted by molar-refractivity contribution is 9.09. The predicted molar refractivity (Wildman–Crippen MR) is 70.2 cm³/mol. The van der Waals surface area contributed by atoms with E-state index in [0.29, 0.717) is 6.61 Å². The summed E-state index contributed by atoms with van der Waals surface area (Å²) in [6.07, 6.45) is 0. The first-order valence-corrected chi connectivity index (χ1v) is 6.46. The number of hydrogen-bond acceptors (Lipinski definition) is 2. The fourth-order valence-corrected chi connectivity index (χ4v) is 1.41. The van der Waals surface area contributed by atoms with Gasteiger partial charge in [-0.05, 0) is 23.1 Å². The fourth-order valence-electron chi connectivity index (χ4n) is 1.25. The molecule has 0 amide bonds. The first kappa shape index (κ1) is 13.5. The van der Waals surface area contributed by atoms with Gasteiger partial charge in [0.15, 0.2) is 0 Å². The molecule has 0 saturated carbocycles. The topological polar surface area (TPSA) is 18.5 Å². The average molecular weight is 287 g/mol. The van der Waals surface area contributed by atoms with E-state index < -0.39 is 0 Å². The van der Waals surface area contributed by atoms with Crippen LogP contribution in [-0.2, 0) is 11.3 Å². The van der Waals surface area contributed by atoms with E-state index in [9.17, 15) is 0 Å². The van der Waals surface area contributed by atoms with E-state index in [0.717, 1.165) is 23.2 Å². The predicted octanol–water partition coefficient (Wildman–Crippen LogP) is 3.63. The molecule has 0 fully saturated rings. The molecule has 0 N–H and O–H groups in total. The quantitative estimate of drug-likeness (QED) is 0.744. The summed E-state index contributed by atoms with van der Waals surface area (Å²) in [5.41, 5.74) is 1.32. The smallest absolute Gasteiger partial charge is 0.119 e. The Balaban J connectivity index is 2.42. The molecular weight excluding hydrogens is 268 g/mol. The van der Waals surface area contributed by atoms with Crippen molar-refractivity contribution in [2.75, 3.05) is 19.0 Å². The van der Waals surface area contributed by atoms with Crippen LogP contribution in [0.25, 0.3) is 0 Å². The Morgan fingerprint density at radius 3 is 2.69 bits per heavy atom. The van der Waals surface area contributed by atoms with Crippen molar-refractivity contribution in [3.05, 3.63) is 29.8 Å². The summed E-state index contributed by atoms with van der Waals surface area (Å²) in [6.45, 7) is 5.73. The molecule has 0 aromatic heterocycles. The first-order valence-electron chi connectivity index (χ1n) is 5.34. The standard InChI is InChI=1S/C13H19BrO2/c1-13(2,9-14)10-16-8-11-5-4-6-12(7-11)15-3/h4-7H,8-10H2,1-3H3. The van der Waals surface area contributed by atoms with Crippen LogP contribution in [0, 0.1) is 5.41 Å². The monoisotopic (exact) mass is 286 g/mol. The highest BCUT2D eigenvalue weighted by atomic mass is 79.9. The molecule has 0 aliphatic carbocycles. The first-order chi connectivity index (χ1) is 7.57. The summed E-state index contributed by atoms with van der Waals surface area (Å²) in [4.78, 5) is 0. The molecule has 0 saturated heterocycles. The molecule has 2 nitrogen and oxygen atoms in total. The number of ether oxygens (including phenoxy) is 2. The van der Waals surface area contributed by atoms with Gasteiger partial charge in [0.05, 0.1) is 20.3 Å². The van der Waals surface area contributed by atoms with E-state index in [1.807, 2.05) is 24.3 Å². The minimum Gasteiger partial charge on any atom is -0.497 e. The Hall–Kier alpha value is -0.540. The maximum absolute atomic E-state index is 5.69. The summed E-state index contributed by atoms with van der Waals surface area (Å²) < 4.78 is 10.8. The number of hydrogen-bond donors (Lipinski definition) is 0. The molecule has 0 unspecified atom stereocenters. The maximum Gasteiger partial charge on any atom is 0.119 e. The summed E-state index contributed by atoms with van der Waals surface area (Å²) in [6, 6.07) is 7.96. The van der Waals surface area contributed by atoms with Crippen molar-refractivity contribution in [2.45, 2.75) is 20.5 Å². The van der Waals surface area contributed by atoms with Crippen molar-refractivity contribution in [1.82, 2.24) is 0 Å². The Morgan fingerprint density at radius 1 is 1.31 bits per heavy atom. The van der Waals surface area contributed by atoms with Crippen molar-refractivity contribution >= 4 is 15.9 Å². The van der Waals surface area contributed by atoms with Gasteiger partial charge in [-0.15, -0.1) is 0 Å². The molecule has 0 spiro atoms. The highest BCUT2D eigenvalue weighted by Crippen LogP contribution is 2.19. The molecule has 16 heavy (non-hydrogen) atoms. The van der Waals surface area contributed by atoms with Crippen molar-refractivity contribution in [1.29, 1.82) is 0 Å². The van der Waals surface area contributed by atoms with Crippen LogP contribution in [0.3, 0.4) is 0 Å². The third-order valence-corrected chi connectivity index (χ3v) is 3.78. The van der Waals surface area contributed by atoms with Gasteiger partial charge >= 0.3 is 0 Å². The Bertz CT molecular complexity index is 323. The second kappa shape index (κ2) is 6.26. The van der Waals surface area contributed by atoms with Crippen LogP contribution in [0.1, 0.15) is 19.4 Å². The Morgan fingerprint density at radius 2 is 2.06 bits per heavy atom. The average Bonchev–Trinajstić information content (AvgIpc) is 2.29. The van der Waals surface area contributed by atoms with Crippen LogP contribution < -0.4 is 4.74 Å². The van der Waals surface area contributed by atoms with Gasteiger partial charge in [0.2, 0.25) is 0 Å². The molecule has 3 heteroatoms. The molecule has 0 bridgehead atoms. The molecule has 1 aromatic rings. The number of rotatable bonds is 6. The van der Waals surface area contributed by atoms with Crippen LogP contribution in [-0.4, -0.2) is 19.0 Å². The van der Waals surface area contributed by atoms with Gasteiger partial charge < -0.3 is 9.47 Å². The van der Waals surface area contributed by atoms with Crippen molar-refractivity contribution in [2.24, 2.45) is 5.41 Å². The SMILES string of the molecule is COc1cccc(COCC(C)(C)CBr)c1. The van der Waals surface area contributed by atoms with Gasteiger partial charge in [-0.3, -0.25) is 0 Å². The minimum absolute atomic E-state index is 0.179. The normalized spacial score (nSPS) is 11.5. The van der Waals surface area contributed by atoms with Crippen LogP contribution in [0.4, 0.5) is 0 Å². The third-order valence-electron chi connectivity index (χ3n) is 2.26. The lowest BCUT2D eigenvalue weighted by atomic mass is 9.98. The van der Waals surface area contributed by atoms with E-state index >= 15 is 0 Å². The number of alkyl halides is 1. The molecule has 0 heterocycles. The van der Waals surface area contributed by atoms with Gasteiger partial charge in [0, 0.05) is 5.33 Å². The molecule has 0 aliphatic heterocycles. The molecule has 90 valence electrons. The van der Waals surface area contributed by atoms with Crippen LogP contribution >= 0.6 is 15.9 Å². The summed E-state index contributed by atoms with van der Waals surface area (Å²) in [5.74, 6) is 0.876. The number of methoxy groups -OCH3 is 1. The van der Waals surface area contributed by atoms with Gasteiger partial charge in [-0.2, -0.15) is 0 Å². The van der Waals surface area contributed by atoms with Gasteiger partial charge in [0.25, 0.3) is 0 Å². The van der Waals surface area contributed by atoms with Crippen molar-refractivity contribution < 1.29 is 9.47 Å². The van der Waals surface area contributed by atoms with Gasteiger partial charge in [-0.25, -0.2) is 0 Å². The van der Waals surface area contributed by atoms with Crippen LogP contribution in [0.15, 0.2) is 24.3 Å². The molecule has 1 aromatic carbocycles. The van der Waals surface area contributed by atoms with E-state index in [1.54, 1.807) is 7.11 Å². The molecule has 0 atom stereocenters. The summed E-state index contributed by atoms with van der Waals surface area (Å²) >= 11 is 3.48. The van der Waals surface area contributed by atoms with E-state index in [-0.39, 0.29) is 5.41 Å². The van der Waals surface area contributed by atoms with Gasteiger partial charge in [-0.1, -0.05) is 41.9 Å². The zero-order chi connectivity index (χ0) is 12.0. The van der Waals surface area contributed by atoms with E-state index in [4.69, 9.17) is 9.47 Å². The minimum atomic E-state index is 0.179. The van der Waals surface area contributed by atoms with Crippen LogP contribution in [0.5, 0.6) is 5.75 Å². The molecule has 0 radical (unpaired) electrons. The second-order valence-corrected chi connectivity index (χ2v) is 5.20. The third kappa shape index (κ3) is 4.54. The maximum atomic E-state index is 5.69. The fraction of sp³-hybridized carbons (Fsp3) is 0.538. The summed E-state index contributed by atoms with van der Waals surface area (Å²) in [5, 5.41) is 0.943.